The van der Waals surface area contributed by atoms with Crippen LogP contribution in [-0.2, 0) is 0 Å². The third-order valence-corrected chi connectivity index (χ3v) is 3.95. The Balaban J connectivity index is 2.37. The van der Waals surface area contributed by atoms with Crippen LogP contribution in [0.3, 0.4) is 0 Å². The number of carbonyl (C=O) groups is 1. The molecule has 2 aromatic rings. The molecule has 0 amide bonds. The zero-order valence-corrected chi connectivity index (χ0v) is 11.4. The minimum Gasteiger partial charge on any atom is -0.477 e. The number of benzene rings is 1. The van der Waals surface area contributed by atoms with E-state index >= 15 is 0 Å². The lowest BCUT2D eigenvalue weighted by Gasteiger charge is -2.15. The molecule has 6 heteroatoms. The van der Waals surface area contributed by atoms with Gasteiger partial charge in [0, 0.05) is 12.7 Å². The third kappa shape index (κ3) is 2.47. The molecule has 94 valence electrons. The third-order valence-electron chi connectivity index (χ3n) is 2.44. The Hall–Kier alpha value is -1.59. The van der Waals surface area contributed by atoms with E-state index in [9.17, 15) is 4.79 Å². The van der Waals surface area contributed by atoms with Gasteiger partial charge in [-0.1, -0.05) is 35.1 Å². The van der Waals surface area contributed by atoms with Gasteiger partial charge in [-0.3, -0.25) is 0 Å². The van der Waals surface area contributed by atoms with Gasteiger partial charge in [0.15, 0.2) is 15.2 Å². The van der Waals surface area contributed by atoms with Crippen LogP contribution in [0, 0.1) is 6.92 Å². The van der Waals surface area contributed by atoms with E-state index in [0.29, 0.717) is 5.13 Å². The lowest BCUT2D eigenvalue weighted by atomic mass is 10.2. The number of hydrogen-bond donors (Lipinski definition) is 1. The van der Waals surface area contributed by atoms with Crippen molar-refractivity contribution >= 4 is 39.7 Å². The quantitative estimate of drug-likeness (QED) is 0.935. The van der Waals surface area contributed by atoms with Crippen LogP contribution in [0.5, 0.6) is 0 Å². The number of carboxylic acid groups (broad SMARTS) is 1. The second-order valence-corrected chi connectivity index (χ2v) is 5.16. The van der Waals surface area contributed by atoms with Gasteiger partial charge < -0.3 is 10.0 Å². The number of aromatic nitrogens is 1. The minimum absolute atomic E-state index is 0.0296. The fourth-order valence-corrected chi connectivity index (χ4v) is 2.62. The van der Waals surface area contributed by atoms with Crippen molar-refractivity contribution in [3.8, 4) is 0 Å². The fraction of sp³-hybridized carbons (Fsp3) is 0.167. The Morgan fingerprint density at radius 2 is 2.22 bits per heavy atom. The molecule has 4 nitrogen and oxygen atoms in total. The van der Waals surface area contributed by atoms with Crippen LogP contribution in [-0.4, -0.2) is 23.1 Å². The van der Waals surface area contributed by atoms with Crippen LogP contribution in [0.15, 0.2) is 24.3 Å². The largest absolute Gasteiger partial charge is 0.477 e. The van der Waals surface area contributed by atoms with Gasteiger partial charge >= 0.3 is 5.97 Å². The molecule has 1 heterocycles. The summed E-state index contributed by atoms with van der Waals surface area (Å²) in [6.07, 6.45) is 0. The summed E-state index contributed by atoms with van der Waals surface area (Å²) in [5.74, 6) is -1.05. The maximum Gasteiger partial charge on any atom is 0.349 e. The Kier molecular flexibility index (Phi) is 3.54. The molecule has 1 aromatic carbocycles. The highest BCUT2D eigenvalue weighted by atomic mass is 35.5. The zero-order valence-electron chi connectivity index (χ0n) is 9.85. The summed E-state index contributed by atoms with van der Waals surface area (Å²) < 4.78 is 0. The monoisotopic (exact) mass is 282 g/mol. The first-order valence-electron chi connectivity index (χ1n) is 5.19. The lowest BCUT2D eigenvalue weighted by molar-refractivity contribution is 0.0702. The second-order valence-electron chi connectivity index (χ2n) is 3.82. The first-order chi connectivity index (χ1) is 8.49. The molecule has 0 aliphatic carbocycles. The van der Waals surface area contributed by atoms with Gasteiger partial charge in [-0.2, -0.15) is 0 Å². The summed E-state index contributed by atoms with van der Waals surface area (Å²) in [4.78, 5) is 16.9. The van der Waals surface area contributed by atoms with Crippen LogP contribution in [0.1, 0.15) is 15.2 Å². The number of halogens is 1. The molecule has 18 heavy (non-hydrogen) atoms. The maximum absolute atomic E-state index is 10.9. The van der Waals surface area contributed by atoms with Crippen molar-refractivity contribution in [2.24, 2.45) is 0 Å². The Bertz CT molecular complexity index is 598. The molecule has 0 spiro atoms. The summed E-state index contributed by atoms with van der Waals surface area (Å²) in [6, 6.07) is 7.86. The predicted molar refractivity (Wildman–Crippen MR) is 73.3 cm³/mol. The highest BCUT2D eigenvalue weighted by Gasteiger charge is 2.18. The number of rotatable bonds is 3. The summed E-state index contributed by atoms with van der Waals surface area (Å²) >= 11 is 6.85. The van der Waals surface area contributed by atoms with E-state index in [1.165, 1.54) is 0 Å². The van der Waals surface area contributed by atoms with E-state index in [1.54, 1.807) is 0 Å². The Morgan fingerprint density at radius 3 is 2.78 bits per heavy atom. The number of anilines is 2. The summed E-state index contributed by atoms with van der Waals surface area (Å²) in [6.45, 7) is 1.99. The van der Waals surface area contributed by atoms with Crippen LogP contribution >= 0.6 is 22.9 Å². The predicted octanol–water partition coefficient (Wildman–Crippen LogP) is 3.57. The van der Waals surface area contributed by atoms with Crippen LogP contribution in [0.25, 0.3) is 0 Å². The van der Waals surface area contributed by atoms with E-state index < -0.39 is 5.97 Å². The van der Waals surface area contributed by atoms with E-state index in [1.807, 2.05) is 43.1 Å². The number of aryl methyl sites for hydroxylation is 1. The molecular formula is C12H11ClN2O2S. The highest BCUT2D eigenvalue weighted by molar-refractivity contribution is 7.18. The normalized spacial score (nSPS) is 10.4. The molecule has 0 saturated carbocycles. The van der Waals surface area contributed by atoms with Crippen molar-refractivity contribution in [1.29, 1.82) is 0 Å². The van der Waals surface area contributed by atoms with Crippen molar-refractivity contribution in [2.45, 2.75) is 6.92 Å². The van der Waals surface area contributed by atoms with Crippen molar-refractivity contribution in [2.75, 3.05) is 11.9 Å². The Labute approximate surface area is 113 Å². The van der Waals surface area contributed by atoms with Gasteiger partial charge in [0.1, 0.15) is 0 Å². The maximum atomic E-state index is 10.9. The van der Waals surface area contributed by atoms with Gasteiger partial charge in [0.2, 0.25) is 0 Å². The van der Waals surface area contributed by atoms with Gasteiger partial charge in [-0.05, 0) is 24.6 Å². The molecule has 0 bridgehead atoms. The standard InChI is InChI=1S/C12H11ClN2O2S/c1-7-4-3-5-8(6-7)15(2)12-14-10(13)9(18-12)11(16)17/h3-6H,1-2H3,(H,16,17). The first kappa shape index (κ1) is 12.9. The van der Waals surface area contributed by atoms with Crippen LogP contribution in [0.4, 0.5) is 10.8 Å². The fourth-order valence-electron chi connectivity index (χ4n) is 1.51. The van der Waals surface area contributed by atoms with Crippen LogP contribution in [0.2, 0.25) is 5.15 Å². The van der Waals surface area contributed by atoms with Crippen molar-refractivity contribution < 1.29 is 9.90 Å². The second kappa shape index (κ2) is 4.96. The molecule has 2 rings (SSSR count). The molecule has 1 N–H and O–H groups in total. The number of thiazole rings is 1. The summed E-state index contributed by atoms with van der Waals surface area (Å²) in [5, 5.41) is 9.53. The molecule has 0 saturated heterocycles. The smallest absolute Gasteiger partial charge is 0.349 e. The topological polar surface area (TPSA) is 53.4 Å². The molecule has 0 fully saturated rings. The molecule has 0 aliphatic heterocycles. The van der Waals surface area contributed by atoms with Crippen molar-refractivity contribution in [3.63, 3.8) is 0 Å². The summed E-state index contributed by atoms with van der Waals surface area (Å²) in [7, 11) is 1.83. The molecular weight excluding hydrogens is 272 g/mol. The molecule has 0 unspecified atom stereocenters. The Morgan fingerprint density at radius 1 is 1.50 bits per heavy atom. The van der Waals surface area contributed by atoms with Gasteiger partial charge in [0.25, 0.3) is 0 Å². The van der Waals surface area contributed by atoms with E-state index in [-0.39, 0.29) is 10.0 Å². The molecule has 1 aromatic heterocycles. The average Bonchev–Trinajstić information content (AvgIpc) is 2.70. The van der Waals surface area contributed by atoms with Crippen molar-refractivity contribution in [3.05, 3.63) is 39.9 Å². The molecule has 0 atom stereocenters. The average molecular weight is 283 g/mol. The van der Waals surface area contributed by atoms with E-state index in [0.717, 1.165) is 22.6 Å². The molecule has 0 radical (unpaired) electrons. The SMILES string of the molecule is Cc1cccc(N(C)c2nc(Cl)c(C(=O)O)s2)c1. The number of hydrogen-bond acceptors (Lipinski definition) is 4. The number of aromatic carboxylic acids is 1. The van der Waals surface area contributed by atoms with Gasteiger partial charge in [-0.15, -0.1) is 0 Å². The number of carboxylic acids is 1. The number of nitrogens with zero attached hydrogens (tertiary/aromatic N) is 2. The minimum atomic E-state index is -1.05. The van der Waals surface area contributed by atoms with Crippen molar-refractivity contribution in [1.82, 2.24) is 4.98 Å². The van der Waals surface area contributed by atoms with Gasteiger partial charge in [-0.25, -0.2) is 9.78 Å². The highest BCUT2D eigenvalue weighted by Crippen LogP contribution is 2.32. The van der Waals surface area contributed by atoms with Crippen LogP contribution < -0.4 is 4.90 Å². The van der Waals surface area contributed by atoms with Gasteiger partial charge in [0.05, 0.1) is 0 Å². The zero-order chi connectivity index (χ0) is 13.3. The van der Waals surface area contributed by atoms with E-state index in [4.69, 9.17) is 16.7 Å². The summed E-state index contributed by atoms with van der Waals surface area (Å²) in [5.41, 5.74) is 2.07. The molecule has 0 aliphatic rings. The lowest BCUT2D eigenvalue weighted by Crippen LogP contribution is -2.08. The first-order valence-corrected chi connectivity index (χ1v) is 6.38. The van der Waals surface area contributed by atoms with E-state index in [2.05, 4.69) is 4.98 Å².